The molecule has 0 saturated carbocycles. The second-order valence-electron chi connectivity index (χ2n) is 7.09. The van der Waals surface area contributed by atoms with Crippen LogP contribution in [-0.2, 0) is 11.4 Å². The standard InChI is InChI=1S/C26H28N2O5/c1-4-31-22-11-7-8-12-23(22)33-18-26(29)28-27-16-20-13-14-24(25(15-20)30-3)32-17-21-10-6-5-9-19(21)2/h5-16H,4,17-18H2,1-3H3,(H,28,29)/b27-16+. The smallest absolute Gasteiger partial charge is 0.277 e. The fourth-order valence-corrected chi connectivity index (χ4v) is 3.01. The highest BCUT2D eigenvalue weighted by molar-refractivity contribution is 5.83. The molecule has 3 rings (SSSR count). The number of amides is 1. The number of benzene rings is 3. The SMILES string of the molecule is CCOc1ccccc1OCC(=O)N/N=C/c1ccc(OCc2ccccc2C)c(OC)c1. The Hall–Kier alpha value is -4.00. The first-order valence-corrected chi connectivity index (χ1v) is 10.6. The van der Waals surface area contributed by atoms with Crippen molar-refractivity contribution >= 4 is 12.1 Å². The average molecular weight is 449 g/mol. The minimum absolute atomic E-state index is 0.184. The number of carbonyl (C=O) groups excluding carboxylic acids is 1. The number of rotatable bonds is 11. The van der Waals surface area contributed by atoms with Gasteiger partial charge in [-0.3, -0.25) is 4.79 Å². The number of hydrogen-bond donors (Lipinski definition) is 1. The highest BCUT2D eigenvalue weighted by atomic mass is 16.5. The van der Waals surface area contributed by atoms with Crippen molar-refractivity contribution in [3.63, 3.8) is 0 Å². The molecule has 1 N–H and O–H groups in total. The first-order valence-electron chi connectivity index (χ1n) is 10.6. The molecule has 7 nitrogen and oxygen atoms in total. The Morgan fingerprint density at radius 1 is 0.909 bits per heavy atom. The summed E-state index contributed by atoms with van der Waals surface area (Å²) in [6.45, 7) is 4.70. The summed E-state index contributed by atoms with van der Waals surface area (Å²) in [6.07, 6.45) is 1.53. The zero-order valence-corrected chi connectivity index (χ0v) is 19.0. The molecule has 3 aromatic rings. The van der Waals surface area contributed by atoms with Gasteiger partial charge in [0.05, 0.1) is 19.9 Å². The van der Waals surface area contributed by atoms with Crippen molar-refractivity contribution in [3.8, 4) is 23.0 Å². The molecule has 0 atom stereocenters. The van der Waals surface area contributed by atoms with E-state index in [0.717, 1.165) is 11.1 Å². The fourth-order valence-electron chi connectivity index (χ4n) is 3.01. The van der Waals surface area contributed by atoms with Gasteiger partial charge in [-0.25, -0.2) is 5.43 Å². The molecule has 0 unspecified atom stereocenters. The monoisotopic (exact) mass is 448 g/mol. The summed E-state index contributed by atoms with van der Waals surface area (Å²) >= 11 is 0. The second kappa shape index (κ2) is 12.1. The van der Waals surface area contributed by atoms with E-state index in [1.54, 1.807) is 25.3 Å². The first-order chi connectivity index (χ1) is 16.1. The van der Waals surface area contributed by atoms with Gasteiger partial charge in [0.1, 0.15) is 6.61 Å². The van der Waals surface area contributed by atoms with Gasteiger partial charge in [0, 0.05) is 0 Å². The Morgan fingerprint density at radius 3 is 2.33 bits per heavy atom. The van der Waals surface area contributed by atoms with Crippen LogP contribution in [0.15, 0.2) is 71.8 Å². The van der Waals surface area contributed by atoms with Crippen LogP contribution in [0.2, 0.25) is 0 Å². The predicted molar refractivity (Wildman–Crippen MR) is 127 cm³/mol. The predicted octanol–water partition coefficient (Wildman–Crippen LogP) is 4.51. The van der Waals surface area contributed by atoms with Crippen LogP contribution in [-0.4, -0.2) is 32.4 Å². The van der Waals surface area contributed by atoms with E-state index in [4.69, 9.17) is 18.9 Å². The third kappa shape index (κ3) is 7.00. The van der Waals surface area contributed by atoms with Crippen molar-refractivity contribution in [3.05, 3.63) is 83.4 Å². The highest BCUT2D eigenvalue weighted by Gasteiger charge is 2.08. The summed E-state index contributed by atoms with van der Waals surface area (Å²) in [5, 5.41) is 3.99. The van der Waals surface area contributed by atoms with Crippen molar-refractivity contribution in [2.45, 2.75) is 20.5 Å². The van der Waals surface area contributed by atoms with E-state index in [1.807, 2.05) is 62.4 Å². The van der Waals surface area contributed by atoms with Gasteiger partial charge in [-0.2, -0.15) is 5.10 Å². The lowest BCUT2D eigenvalue weighted by molar-refractivity contribution is -0.123. The third-order valence-electron chi connectivity index (χ3n) is 4.74. The normalized spacial score (nSPS) is 10.6. The van der Waals surface area contributed by atoms with Gasteiger partial charge in [0.2, 0.25) is 0 Å². The van der Waals surface area contributed by atoms with Gasteiger partial charge in [-0.1, -0.05) is 36.4 Å². The van der Waals surface area contributed by atoms with Crippen LogP contribution in [0.3, 0.4) is 0 Å². The Kier molecular flexibility index (Phi) is 8.71. The average Bonchev–Trinajstić information content (AvgIpc) is 2.83. The van der Waals surface area contributed by atoms with Crippen LogP contribution in [0.1, 0.15) is 23.6 Å². The maximum Gasteiger partial charge on any atom is 0.277 e. The van der Waals surface area contributed by atoms with Gasteiger partial charge >= 0.3 is 0 Å². The van der Waals surface area contributed by atoms with Crippen molar-refractivity contribution in [2.75, 3.05) is 20.3 Å². The molecule has 0 saturated heterocycles. The lowest BCUT2D eigenvalue weighted by atomic mass is 10.1. The summed E-state index contributed by atoms with van der Waals surface area (Å²) in [7, 11) is 1.58. The van der Waals surface area contributed by atoms with Crippen molar-refractivity contribution < 1.29 is 23.7 Å². The quantitative estimate of drug-likeness (QED) is 0.345. The van der Waals surface area contributed by atoms with Crippen LogP contribution in [0.5, 0.6) is 23.0 Å². The second-order valence-corrected chi connectivity index (χ2v) is 7.09. The van der Waals surface area contributed by atoms with E-state index in [-0.39, 0.29) is 12.5 Å². The van der Waals surface area contributed by atoms with E-state index in [9.17, 15) is 4.79 Å². The maximum atomic E-state index is 12.1. The number of para-hydroxylation sites is 2. The minimum Gasteiger partial charge on any atom is -0.493 e. The largest absolute Gasteiger partial charge is 0.493 e. The van der Waals surface area contributed by atoms with Crippen molar-refractivity contribution in [2.24, 2.45) is 5.10 Å². The topological polar surface area (TPSA) is 78.4 Å². The van der Waals surface area contributed by atoms with Gasteiger partial charge < -0.3 is 18.9 Å². The lowest BCUT2D eigenvalue weighted by Gasteiger charge is -2.12. The molecule has 0 aliphatic rings. The number of hydrogen-bond acceptors (Lipinski definition) is 6. The molecule has 0 aromatic heterocycles. The Labute approximate surface area is 193 Å². The third-order valence-corrected chi connectivity index (χ3v) is 4.74. The Balaban J connectivity index is 1.53. The molecule has 172 valence electrons. The molecule has 0 fully saturated rings. The zero-order valence-electron chi connectivity index (χ0n) is 19.0. The van der Waals surface area contributed by atoms with Gasteiger partial charge in [-0.05, 0) is 60.9 Å². The minimum atomic E-state index is -0.386. The van der Waals surface area contributed by atoms with Crippen LogP contribution < -0.4 is 24.4 Å². The number of nitrogens with one attached hydrogen (secondary N) is 1. The molecule has 7 heteroatoms. The first kappa shape index (κ1) is 23.7. The number of methoxy groups -OCH3 is 1. The molecule has 3 aromatic carbocycles. The molecule has 0 radical (unpaired) electrons. The fraction of sp³-hybridized carbons (Fsp3) is 0.231. The molecule has 0 heterocycles. The van der Waals surface area contributed by atoms with Gasteiger partial charge in [-0.15, -0.1) is 0 Å². The van der Waals surface area contributed by atoms with Gasteiger partial charge in [0.25, 0.3) is 5.91 Å². The summed E-state index contributed by atoms with van der Waals surface area (Å²) < 4.78 is 22.4. The number of ether oxygens (including phenoxy) is 4. The lowest BCUT2D eigenvalue weighted by Crippen LogP contribution is -2.24. The van der Waals surface area contributed by atoms with E-state index >= 15 is 0 Å². The molecule has 0 aliphatic carbocycles. The van der Waals surface area contributed by atoms with E-state index < -0.39 is 0 Å². The number of hydrazone groups is 1. The Morgan fingerprint density at radius 2 is 1.61 bits per heavy atom. The van der Waals surface area contributed by atoms with E-state index in [0.29, 0.717) is 36.2 Å². The Bertz CT molecular complexity index is 1100. The molecular formula is C26H28N2O5. The van der Waals surface area contributed by atoms with Crippen molar-refractivity contribution in [1.29, 1.82) is 0 Å². The van der Waals surface area contributed by atoms with Crippen LogP contribution in [0.25, 0.3) is 0 Å². The summed E-state index contributed by atoms with van der Waals surface area (Å²) in [5.74, 6) is 1.92. The summed E-state index contributed by atoms with van der Waals surface area (Å²) in [5.41, 5.74) is 5.48. The molecular weight excluding hydrogens is 420 g/mol. The molecule has 0 bridgehead atoms. The summed E-state index contributed by atoms with van der Waals surface area (Å²) in [6, 6.07) is 20.7. The van der Waals surface area contributed by atoms with Crippen LogP contribution in [0.4, 0.5) is 0 Å². The van der Waals surface area contributed by atoms with Crippen LogP contribution in [0, 0.1) is 6.92 Å². The van der Waals surface area contributed by atoms with E-state index in [2.05, 4.69) is 10.5 Å². The maximum absolute atomic E-state index is 12.1. The summed E-state index contributed by atoms with van der Waals surface area (Å²) in [4.78, 5) is 12.1. The van der Waals surface area contributed by atoms with Crippen LogP contribution >= 0.6 is 0 Å². The van der Waals surface area contributed by atoms with E-state index in [1.165, 1.54) is 11.8 Å². The molecule has 0 spiro atoms. The number of nitrogens with zero attached hydrogens (tertiary/aromatic N) is 1. The van der Waals surface area contributed by atoms with Gasteiger partial charge in [0.15, 0.2) is 29.6 Å². The molecule has 0 aliphatic heterocycles. The molecule has 33 heavy (non-hydrogen) atoms. The van der Waals surface area contributed by atoms with Crippen molar-refractivity contribution in [1.82, 2.24) is 5.43 Å². The number of carbonyl (C=O) groups is 1. The number of aryl methyl sites for hydroxylation is 1. The highest BCUT2D eigenvalue weighted by Crippen LogP contribution is 2.29. The zero-order chi connectivity index (χ0) is 23.5. The molecule has 1 amide bonds.